The van der Waals surface area contributed by atoms with E-state index in [2.05, 4.69) is 5.32 Å². The first-order valence-electron chi connectivity index (χ1n) is 6.04. The van der Waals surface area contributed by atoms with E-state index in [9.17, 15) is 14.5 Å². The molecule has 0 aliphatic carbocycles. The molecule has 2 rings (SSSR count). The van der Waals surface area contributed by atoms with Gasteiger partial charge in [-0.05, 0) is 24.3 Å². The molecule has 0 heterocycles. The molecule has 0 fully saturated rings. The van der Waals surface area contributed by atoms with Crippen molar-refractivity contribution in [3.8, 4) is 5.75 Å². The number of non-ortho nitro benzene ring substituents is 1. The van der Waals surface area contributed by atoms with E-state index in [0.29, 0.717) is 17.0 Å². The second kappa shape index (κ2) is 6.41. The second-order valence-corrected chi connectivity index (χ2v) is 4.62. The Hall–Kier alpha value is -2.34. The Bertz CT molecular complexity index is 679. The van der Waals surface area contributed by atoms with Crippen molar-refractivity contribution < 1.29 is 14.1 Å². The standard InChI is InChI=1S/C14H12ClFN2O3/c1-17-13-4-3-11(18(19)20)6-9(13)8-21-14-5-2-10(16)7-12(14)15/h2-7,17H,8H2,1H3. The number of nitro benzene ring substituents is 1. The van der Waals surface area contributed by atoms with Crippen molar-refractivity contribution in [2.45, 2.75) is 6.61 Å². The fourth-order valence-electron chi connectivity index (χ4n) is 1.80. The molecule has 0 unspecified atom stereocenters. The fourth-order valence-corrected chi connectivity index (χ4v) is 2.03. The summed E-state index contributed by atoms with van der Waals surface area (Å²) in [5, 5.41) is 13.9. The largest absolute Gasteiger partial charge is 0.487 e. The average Bonchev–Trinajstić information content (AvgIpc) is 2.46. The monoisotopic (exact) mass is 310 g/mol. The van der Waals surface area contributed by atoms with Gasteiger partial charge in [-0.25, -0.2) is 4.39 Å². The van der Waals surface area contributed by atoms with Crippen LogP contribution in [0, 0.1) is 15.9 Å². The van der Waals surface area contributed by atoms with Gasteiger partial charge < -0.3 is 10.1 Å². The van der Waals surface area contributed by atoms with Gasteiger partial charge in [0, 0.05) is 30.4 Å². The van der Waals surface area contributed by atoms with E-state index in [-0.39, 0.29) is 17.3 Å². The Labute approximate surface area is 125 Å². The maximum atomic E-state index is 12.9. The third kappa shape index (κ3) is 3.61. The summed E-state index contributed by atoms with van der Waals surface area (Å²) in [5.41, 5.74) is 1.28. The lowest BCUT2D eigenvalue weighted by Gasteiger charge is -2.11. The first kappa shape index (κ1) is 15.1. The quantitative estimate of drug-likeness (QED) is 0.669. The normalized spacial score (nSPS) is 10.2. The highest BCUT2D eigenvalue weighted by Gasteiger charge is 2.11. The smallest absolute Gasteiger partial charge is 0.269 e. The van der Waals surface area contributed by atoms with E-state index in [1.807, 2.05) is 0 Å². The first-order valence-corrected chi connectivity index (χ1v) is 6.42. The third-order valence-corrected chi connectivity index (χ3v) is 3.14. The molecule has 2 aromatic rings. The van der Waals surface area contributed by atoms with Crippen LogP contribution in [0.25, 0.3) is 0 Å². The number of rotatable bonds is 5. The third-order valence-electron chi connectivity index (χ3n) is 2.85. The SMILES string of the molecule is CNc1ccc([N+](=O)[O-])cc1COc1ccc(F)cc1Cl. The van der Waals surface area contributed by atoms with Crippen LogP contribution >= 0.6 is 11.6 Å². The summed E-state index contributed by atoms with van der Waals surface area (Å²) >= 11 is 5.86. The summed E-state index contributed by atoms with van der Waals surface area (Å²) in [6.07, 6.45) is 0. The van der Waals surface area contributed by atoms with Gasteiger partial charge in [-0.3, -0.25) is 10.1 Å². The lowest BCUT2D eigenvalue weighted by molar-refractivity contribution is -0.384. The number of anilines is 1. The van der Waals surface area contributed by atoms with E-state index in [1.54, 1.807) is 13.1 Å². The zero-order chi connectivity index (χ0) is 15.4. The average molecular weight is 311 g/mol. The van der Waals surface area contributed by atoms with Gasteiger partial charge >= 0.3 is 0 Å². The van der Waals surface area contributed by atoms with Crippen LogP contribution < -0.4 is 10.1 Å². The molecule has 0 aromatic heterocycles. The minimum Gasteiger partial charge on any atom is -0.487 e. The molecule has 1 N–H and O–H groups in total. The van der Waals surface area contributed by atoms with Crippen LogP contribution in [0.2, 0.25) is 5.02 Å². The van der Waals surface area contributed by atoms with Gasteiger partial charge in [-0.15, -0.1) is 0 Å². The molecule has 0 aliphatic heterocycles. The predicted octanol–water partition coefficient (Wildman–Crippen LogP) is 4.01. The molecular formula is C14H12ClFN2O3. The number of halogens is 2. The Morgan fingerprint density at radius 1 is 1.33 bits per heavy atom. The number of nitrogens with one attached hydrogen (secondary N) is 1. The number of hydrogen-bond acceptors (Lipinski definition) is 4. The van der Waals surface area contributed by atoms with E-state index in [0.717, 1.165) is 6.07 Å². The predicted molar refractivity (Wildman–Crippen MR) is 78.4 cm³/mol. The van der Waals surface area contributed by atoms with Crippen LogP contribution in [-0.4, -0.2) is 12.0 Å². The van der Waals surface area contributed by atoms with Gasteiger partial charge in [-0.1, -0.05) is 11.6 Å². The van der Waals surface area contributed by atoms with E-state index >= 15 is 0 Å². The summed E-state index contributed by atoms with van der Waals surface area (Å²) in [4.78, 5) is 10.3. The number of hydrogen-bond donors (Lipinski definition) is 1. The number of benzene rings is 2. The molecule has 0 saturated heterocycles. The van der Waals surface area contributed by atoms with Crippen molar-refractivity contribution in [3.63, 3.8) is 0 Å². The summed E-state index contributed by atoms with van der Waals surface area (Å²) in [6.45, 7) is 0.0726. The number of nitro groups is 1. The van der Waals surface area contributed by atoms with Crippen LogP contribution in [0.3, 0.4) is 0 Å². The minimum absolute atomic E-state index is 0.0298. The molecule has 0 aliphatic rings. The zero-order valence-corrected chi connectivity index (χ0v) is 11.9. The van der Waals surface area contributed by atoms with Crippen molar-refractivity contribution in [1.29, 1.82) is 0 Å². The van der Waals surface area contributed by atoms with Crippen LogP contribution in [0.1, 0.15) is 5.56 Å². The summed E-state index contributed by atoms with van der Waals surface area (Å²) < 4.78 is 18.4. The molecule has 0 radical (unpaired) electrons. The molecule has 0 amide bonds. The summed E-state index contributed by atoms with van der Waals surface area (Å²) in [5.74, 6) is -0.148. The zero-order valence-electron chi connectivity index (χ0n) is 11.1. The highest BCUT2D eigenvalue weighted by atomic mass is 35.5. The number of ether oxygens (including phenoxy) is 1. The summed E-state index contributed by atoms with van der Waals surface area (Å²) in [7, 11) is 1.70. The van der Waals surface area contributed by atoms with Crippen molar-refractivity contribution in [2.24, 2.45) is 0 Å². The van der Waals surface area contributed by atoms with Gasteiger partial charge in [0.1, 0.15) is 18.2 Å². The molecule has 2 aromatic carbocycles. The Kier molecular flexibility index (Phi) is 4.59. The van der Waals surface area contributed by atoms with Crippen LogP contribution in [0.5, 0.6) is 5.75 Å². The first-order chi connectivity index (χ1) is 10.0. The maximum absolute atomic E-state index is 12.9. The molecule has 5 nitrogen and oxygen atoms in total. The second-order valence-electron chi connectivity index (χ2n) is 4.21. The minimum atomic E-state index is -0.478. The molecule has 0 saturated carbocycles. The van der Waals surface area contributed by atoms with Gasteiger partial charge in [0.05, 0.1) is 9.95 Å². The Balaban J connectivity index is 2.22. The van der Waals surface area contributed by atoms with E-state index in [4.69, 9.17) is 16.3 Å². The van der Waals surface area contributed by atoms with Crippen molar-refractivity contribution in [3.05, 3.63) is 62.9 Å². The lowest BCUT2D eigenvalue weighted by atomic mass is 10.1. The maximum Gasteiger partial charge on any atom is 0.269 e. The van der Waals surface area contributed by atoms with Gasteiger partial charge in [0.15, 0.2) is 0 Å². The van der Waals surface area contributed by atoms with Crippen molar-refractivity contribution in [2.75, 3.05) is 12.4 Å². The Morgan fingerprint density at radius 2 is 2.10 bits per heavy atom. The molecule has 110 valence electrons. The highest BCUT2D eigenvalue weighted by Crippen LogP contribution is 2.28. The van der Waals surface area contributed by atoms with Crippen LogP contribution in [0.4, 0.5) is 15.8 Å². The molecule has 0 bridgehead atoms. The van der Waals surface area contributed by atoms with E-state index in [1.165, 1.54) is 24.3 Å². The molecule has 21 heavy (non-hydrogen) atoms. The van der Waals surface area contributed by atoms with Gasteiger partial charge in [-0.2, -0.15) is 0 Å². The van der Waals surface area contributed by atoms with E-state index < -0.39 is 10.7 Å². The molecular weight excluding hydrogens is 299 g/mol. The fraction of sp³-hybridized carbons (Fsp3) is 0.143. The van der Waals surface area contributed by atoms with Crippen LogP contribution in [0.15, 0.2) is 36.4 Å². The molecule has 0 atom stereocenters. The highest BCUT2D eigenvalue weighted by molar-refractivity contribution is 6.32. The number of nitrogens with zero attached hydrogens (tertiary/aromatic N) is 1. The van der Waals surface area contributed by atoms with Crippen molar-refractivity contribution >= 4 is 23.0 Å². The Morgan fingerprint density at radius 3 is 2.71 bits per heavy atom. The molecule has 0 spiro atoms. The van der Waals surface area contributed by atoms with Crippen molar-refractivity contribution in [1.82, 2.24) is 0 Å². The topological polar surface area (TPSA) is 64.4 Å². The van der Waals surface area contributed by atoms with Gasteiger partial charge in [0.2, 0.25) is 0 Å². The summed E-state index contributed by atoms with van der Waals surface area (Å²) in [6, 6.07) is 8.21. The van der Waals surface area contributed by atoms with Crippen LogP contribution in [-0.2, 0) is 6.61 Å². The lowest BCUT2D eigenvalue weighted by Crippen LogP contribution is -2.02. The van der Waals surface area contributed by atoms with Gasteiger partial charge in [0.25, 0.3) is 5.69 Å². The molecule has 7 heteroatoms.